The molecule has 0 spiro atoms. The fourth-order valence-corrected chi connectivity index (χ4v) is 2.52. The molecular weight excluding hydrogens is 339 g/mol. The van der Waals surface area contributed by atoms with Crippen LogP contribution in [0, 0.1) is 0 Å². The van der Waals surface area contributed by atoms with Crippen LogP contribution in [0.5, 0.6) is 0 Å². The number of hydrogen-bond donors (Lipinski definition) is 2. The smallest absolute Gasteiger partial charge is 0.272 e. The Bertz CT molecular complexity index is 1060. The van der Waals surface area contributed by atoms with E-state index in [0.29, 0.717) is 21.2 Å². The van der Waals surface area contributed by atoms with Gasteiger partial charge in [0.05, 0.1) is 12.5 Å². The van der Waals surface area contributed by atoms with E-state index in [1.807, 2.05) is 0 Å². The second-order valence-electron chi connectivity index (χ2n) is 4.72. The summed E-state index contributed by atoms with van der Waals surface area (Å²) in [5.74, 6) is 0. The largest absolute Gasteiger partial charge is 0.472 e. The summed E-state index contributed by atoms with van der Waals surface area (Å²) >= 11 is 12.1. The van der Waals surface area contributed by atoms with Crippen LogP contribution < -0.4 is 21.8 Å². The van der Waals surface area contributed by atoms with Crippen molar-refractivity contribution in [3.05, 3.63) is 89.4 Å². The highest BCUT2D eigenvalue weighted by Crippen LogP contribution is 2.24. The summed E-state index contributed by atoms with van der Waals surface area (Å²) in [5.41, 5.74) is 0.219. The van der Waals surface area contributed by atoms with Gasteiger partial charge >= 0.3 is 0 Å². The number of hydrogen-bond acceptors (Lipinski definition) is 3. The second kappa shape index (κ2) is 6.32. The first kappa shape index (κ1) is 15.4. The Hall–Kier alpha value is -2.50. The first-order valence-corrected chi connectivity index (χ1v) is 7.32. The van der Waals surface area contributed by atoms with Crippen molar-refractivity contribution in [2.75, 3.05) is 0 Å². The summed E-state index contributed by atoms with van der Waals surface area (Å²) in [4.78, 5) is 29.3. The van der Waals surface area contributed by atoms with Crippen LogP contribution in [0.1, 0.15) is 11.1 Å². The highest BCUT2D eigenvalue weighted by molar-refractivity contribution is 6.37. The van der Waals surface area contributed by atoms with Crippen molar-refractivity contribution in [1.82, 2.24) is 9.97 Å². The molecule has 0 amide bonds. The number of furan rings is 1. The van der Waals surface area contributed by atoms with Gasteiger partial charge in [0.1, 0.15) is 10.7 Å². The summed E-state index contributed by atoms with van der Waals surface area (Å²) in [6.45, 7) is 0. The molecule has 5 nitrogen and oxygen atoms in total. The Morgan fingerprint density at radius 3 is 2.09 bits per heavy atom. The topological polar surface area (TPSA) is 78.9 Å². The predicted molar refractivity (Wildman–Crippen MR) is 89.2 cm³/mol. The minimum atomic E-state index is -0.463. The van der Waals surface area contributed by atoms with E-state index in [-0.39, 0.29) is 10.7 Å². The zero-order chi connectivity index (χ0) is 16.4. The molecule has 0 unspecified atom stereocenters. The lowest BCUT2D eigenvalue weighted by atomic mass is 10.2. The molecule has 3 rings (SSSR count). The number of benzene rings is 1. The molecule has 0 saturated heterocycles. The maximum atomic E-state index is 12.2. The molecule has 116 valence electrons. The fourth-order valence-electron chi connectivity index (χ4n) is 2.01. The van der Waals surface area contributed by atoms with Crippen molar-refractivity contribution in [3.63, 3.8) is 0 Å². The number of nitrogens with one attached hydrogen (secondary N) is 2. The molecule has 0 atom stereocenters. The molecule has 0 bridgehead atoms. The minimum Gasteiger partial charge on any atom is -0.472 e. The summed E-state index contributed by atoms with van der Waals surface area (Å²) in [6, 6.07) is 6.65. The number of halogens is 2. The Morgan fingerprint density at radius 1 is 0.913 bits per heavy atom. The van der Waals surface area contributed by atoms with Crippen LogP contribution in [0.3, 0.4) is 0 Å². The summed E-state index contributed by atoms with van der Waals surface area (Å²) < 4.78 is 4.91. The SMILES string of the molecule is O=c1[nH]/c(=C\c2c(Cl)cccc2Cl)c(=O)[nH]/c1=C\c1ccoc1. The molecule has 1 aromatic carbocycles. The lowest BCUT2D eigenvalue weighted by molar-refractivity contribution is 0.567. The predicted octanol–water partition coefficient (Wildman–Crippen LogP) is 1.62. The van der Waals surface area contributed by atoms with Crippen molar-refractivity contribution in [3.8, 4) is 0 Å². The quantitative estimate of drug-likeness (QED) is 0.738. The lowest BCUT2D eigenvalue weighted by Crippen LogP contribution is -2.46. The van der Waals surface area contributed by atoms with E-state index >= 15 is 0 Å². The maximum Gasteiger partial charge on any atom is 0.272 e. The number of H-pyrrole nitrogens is 2. The third kappa shape index (κ3) is 3.31. The van der Waals surface area contributed by atoms with E-state index < -0.39 is 11.1 Å². The number of rotatable bonds is 2. The van der Waals surface area contributed by atoms with Gasteiger partial charge in [-0.25, -0.2) is 0 Å². The van der Waals surface area contributed by atoms with Gasteiger partial charge < -0.3 is 14.4 Å². The van der Waals surface area contributed by atoms with Crippen LogP contribution in [0.2, 0.25) is 10.0 Å². The molecule has 0 saturated carbocycles. The Kier molecular flexibility index (Phi) is 4.23. The highest BCUT2D eigenvalue weighted by atomic mass is 35.5. The zero-order valence-electron chi connectivity index (χ0n) is 11.6. The molecule has 2 N–H and O–H groups in total. The molecule has 0 fully saturated rings. The van der Waals surface area contributed by atoms with Gasteiger partial charge in [-0.3, -0.25) is 9.59 Å². The van der Waals surface area contributed by atoms with Crippen LogP contribution in [0.15, 0.2) is 50.8 Å². The van der Waals surface area contributed by atoms with Gasteiger partial charge in [-0.2, -0.15) is 0 Å². The van der Waals surface area contributed by atoms with Crippen molar-refractivity contribution < 1.29 is 4.42 Å². The Labute approximate surface area is 139 Å². The van der Waals surface area contributed by atoms with Crippen LogP contribution in [-0.2, 0) is 0 Å². The first-order chi connectivity index (χ1) is 11.0. The fraction of sp³-hybridized carbons (Fsp3) is 0. The van der Waals surface area contributed by atoms with Gasteiger partial charge in [0.15, 0.2) is 0 Å². The minimum absolute atomic E-state index is 0.0642. The number of aromatic nitrogens is 2. The molecule has 23 heavy (non-hydrogen) atoms. The van der Waals surface area contributed by atoms with E-state index in [1.54, 1.807) is 24.3 Å². The zero-order valence-corrected chi connectivity index (χ0v) is 13.1. The second-order valence-corrected chi connectivity index (χ2v) is 5.53. The van der Waals surface area contributed by atoms with Gasteiger partial charge in [0, 0.05) is 21.2 Å². The summed E-state index contributed by atoms with van der Waals surface area (Å²) in [6.07, 6.45) is 5.88. The van der Waals surface area contributed by atoms with Crippen LogP contribution >= 0.6 is 23.2 Å². The average Bonchev–Trinajstić information content (AvgIpc) is 3.01. The molecule has 0 aliphatic rings. The van der Waals surface area contributed by atoms with E-state index in [1.165, 1.54) is 24.7 Å². The normalized spacial score (nSPS) is 12.8. The van der Waals surface area contributed by atoms with Crippen LogP contribution in [-0.4, -0.2) is 9.97 Å². The summed E-state index contributed by atoms with van der Waals surface area (Å²) in [7, 11) is 0. The molecule has 2 heterocycles. The molecule has 0 radical (unpaired) electrons. The first-order valence-electron chi connectivity index (χ1n) is 6.57. The van der Waals surface area contributed by atoms with E-state index in [9.17, 15) is 9.59 Å². The molecule has 7 heteroatoms. The molecule has 0 aliphatic heterocycles. The Balaban J connectivity index is 2.21. The van der Waals surface area contributed by atoms with Gasteiger partial charge in [0.2, 0.25) is 0 Å². The van der Waals surface area contributed by atoms with Crippen LogP contribution in [0.25, 0.3) is 12.2 Å². The van der Waals surface area contributed by atoms with Crippen molar-refractivity contribution in [2.45, 2.75) is 0 Å². The molecular formula is C16H10Cl2N2O3. The summed E-state index contributed by atoms with van der Waals surface area (Å²) in [5, 5.41) is 0.951. The number of aromatic amines is 2. The van der Waals surface area contributed by atoms with Gasteiger partial charge in [-0.15, -0.1) is 0 Å². The van der Waals surface area contributed by atoms with E-state index in [4.69, 9.17) is 27.6 Å². The van der Waals surface area contributed by atoms with Crippen molar-refractivity contribution in [2.24, 2.45) is 0 Å². The molecule has 0 aliphatic carbocycles. The van der Waals surface area contributed by atoms with Gasteiger partial charge in [0.25, 0.3) is 11.1 Å². The highest BCUT2D eigenvalue weighted by Gasteiger charge is 2.03. The van der Waals surface area contributed by atoms with E-state index in [0.717, 1.165) is 0 Å². The van der Waals surface area contributed by atoms with Crippen molar-refractivity contribution in [1.29, 1.82) is 0 Å². The Morgan fingerprint density at radius 2 is 1.52 bits per heavy atom. The molecule has 3 aromatic rings. The average molecular weight is 349 g/mol. The lowest BCUT2D eigenvalue weighted by Gasteiger charge is -2.00. The van der Waals surface area contributed by atoms with E-state index in [2.05, 4.69) is 9.97 Å². The van der Waals surface area contributed by atoms with Crippen LogP contribution in [0.4, 0.5) is 0 Å². The van der Waals surface area contributed by atoms with Gasteiger partial charge in [-0.1, -0.05) is 29.3 Å². The molecule has 2 aromatic heterocycles. The third-order valence-corrected chi connectivity index (χ3v) is 3.79. The monoisotopic (exact) mass is 348 g/mol. The standard InChI is InChI=1S/C16H10Cl2N2O3/c17-11-2-1-3-12(18)10(11)7-14-16(22)19-13(15(21)20-14)6-9-4-5-23-8-9/h1-8H,(H,19,22)(H,20,21)/b13-6-,14-7-. The van der Waals surface area contributed by atoms with Crippen molar-refractivity contribution >= 4 is 35.4 Å². The van der Waals surface area contributed by atoms with Gasteiger partial charge in [-0.05, 0) is 30.4 Å². The third-order valence-electron chi connectivity index (χ3n) is 3.13. The maximum absolute atomic E-state index is 12.2.